The van der Waals surface area contributed by atoms with Gasteiger partial charge < -0.3 is 15.4 Å². The lowest BCUT2D eigenvalue weighted by molar-refractivity contribution is -0.133. The summed E-state index contributed by atoms with van der Waals surface area (Å²) in [5.41, 5.74) is 7.13. The molecule has 7 nitrogen and oxygen atoms in total. The number of nitrogens with one attached hydrogen (secondary N) is 1. The number of piperidine rings is 1. The van der Waals surface area contributed by atoms with E-state index >= 15 is 0 Å². The third kappa shape index (κ3) is 3.41. The van der Waals surface area contributed by atoms with Crippen molar-refractivity contribution in [2.24, 2.45) is 0 Å². The van der Waals surface area contributed by atoms with Gasteiger partial charge in [0.2, 0.25) is 11.9 Å². The highest BCUT2D eigenvalue weighted by molar-refractivity contribution is 5.76. The van der Waals surface area contributed by atoms with E-state index in [0.717, 1.165) is 42.7 Å². The Balaban J connectivity index is 1.35. The van der Waals surface area contributed by atoms with E-state index in [1.165, 1.54) is 0 Å². The van der Waals surface area contributed by atoms with Gasteiger partial charge in [-0.05, 0) is 37.8 Å². The summed E-state index contributed by atoms with van der Waals surface area (Å²) in [5.74, 6) is 1.06. The van der Waals surface area contributed by atoms with Gasteiger partial charge >= 0.3 is 0 Å². The zero-order chi connectivity index (χ0) is 18.9. The number of aromatic nitrogens is 2. The molecular weight excluding hydrogens is 344 g/mol. The molecule has 0 atom stereocenters. The first-order chi connectivity index (χ1) is 13.1. The SMILES string of the molecule is Nc1nc2c(c(=O)[nH]1)CCC21CCN(C(=O)CCOc2ccccc2)CC1. The van der Waals surface area contributed by atoms with Gasteiger partial charge in [-0.3, -0.25) is 14.6 Å². The molecule has 7 heteroatoms. The fourth-order valence-electron chi connectivity index (χ4n) is 4.27. The van der Waals surface area contributed by atoms with E-state index in [0.29, 0.717) is 26.1 Å². The van der Waals surface area contributed by atoms with Crippen LogP contribution < -0.4 is 16.0 Å². The molecule has 2 aliphatic rings. The standard InChI is InChI=1S/C20H24N4O3/c21-19-22-17-15(18(26)23-19)6-8-20(17)9-11-24(12-10-20)16(25)7-13-27-14-4-2-1-3-5-14/h1-5H,6-13H2,(H3,21,22,23,26). The van der Waals surface area contributed by atoms with Crippen LogP contribution in [0.25, 0.3) is 0 Å². The molecule has 4 rings (SSSR count). The minimum absolute atomic E-state index is 0.109. The molecule has 1 aromatic heterocycles. The lowest BCUT2D eigenvalue weighted by Crippen LogP contribution is -2.45. The minimum Gasteiger partial charge on any atom is -0.493 e. The summed E-state index contributed by atoms with van der Waals surface area (Å²) in [6.45, 7) is 1.73. The second-order valence-electron chi connectivity index (χ2n) is 7.35. The molecule has 1 saturated heterocycles. The number of nitrogens with two attached hydrogens (primary N) is 1. The Morgan fingerprint density at radius 1 is 1.22 bits per heavy atom. The number of para-hydroxylation sites is 1. The van der Waals surface area contributed by atoms with Crippen LogP contribution in [0.4, 0.5) is 5.95 Å². The maximum absolute atomic E-state index is 12.5. The number of likely N-dealkylation sites (tertiary alicyclic amines) is 1. The molecule has 3 N–H and O–H groups in total. The zero-order valence-corrected chi connectivity index (χ0v) is 15.2. The highest BCUT2D eigenvalue weighted by atomic mass is 16.5. The lowest BCUT2D eigenvalue weighted by atomic mass is 9.76. The highest BCUT2D eigenvalue weighted by Crippen LogP contribution is 2.44. The van der Waals surface area contributed by atoms with Gasteiger partial charge in [0.1, 0.15) is 5.75 Å². The number of anilines is 1. The van der Waals surface area contributed by atoms with E-state index in [2.05, 4.69) is 9.97 Å². The van der Waals surface area contributed by atoms with Crippen molar-refractivity contribution in [3.8, 4) is 5.75 Å². The maximum Gasteiger partial charge on any atom is 0.255 e. The fraction of sp³-hybridized carbons (Fsp3) is 0.450. The van der Waals surface area contributed by atoms with Crippen LogP contribution in [0.15, 0.2) is 35.1 Å². The van der Waals surface area contributed by atoms with Crippen molar-refractivity contribution in [1.82, 2.24) is 14.9 Å². The molecule has 1 aliphatic carbocycles. The number of carbonyl (C=O) groups is 1. The topological polar surface area (TPSA) is 101 Å². The Labute approximate surface area is 157 Å². The van der Waals surface area contributed by atoms with Crippen LogP contribution in [-0.4, -0.2) is 40.5 Å². The van der Waals surface area contributed by atoms with Crippen molar-refractivity contribution in [2.75, 3.05) is 25.4 Å². The first-order valence-electron chi connectivity index (χ1n) is 9.42. The summed E-state index contributed by atoms with van der Waals surface area (Å²) in [6.07, 6.45) is 3.64. The smallest absolute Gasteiger partial charge is 0.255 e. The van der Waals surface area contributed by atoms with Gasteiger partial charge in [0.05, 0.1) is 18.7 Å². The number of H-pyrrole nitrogens is 1. The number of fused-ring (bicyclic) bond motifs is 2. The van der Waals surface area contributed by atoms with E-state index in [-0.39, 0.29) is 22.8 Å². The van der Waals surface area contributed by atoms with Crippen molar-refractivity contribution in [3.63, 3.8) is 0 Å². The first kappa shape index (κ1) is 17.6. The number of nitrogens with zero attached hydrogens (tertiary/aromatic N) is 2. The molecule has 1 spiro atoms. The number of nitrogen functional groups attached to an aromatic ring is 1. The Morgan fingerprint density at radius 3 is 2.70 bits per heavy atom. The van der Waals surface area contributed by atoms with Gasteiger partial charge in [-0.1, -0.05) is 18.2 Å². The number of hydrogen-bond donors (Lipinski definition) is 2. The molecule has 0 radical (unpaired) electrons. The van der Waals surface area contributed by atoms with Gasteiger partial charge in [-0.2, -0.15) is 0 Å². The predicted molar refractivity (Wildman–Crippen MR) is 102 cm³/mol. The van der Waals surface area contributed by atoms with Crippen molar-refractivity contribution < 1.29 is 9.53 Å². The van der Waals surface area contributed by atoms with Crippen LogP contribution in [0.5, 0.6) is 5.75 Å². The van der Waals surface area contributed by atoms with E-state index in [1.54, 1.807) is 0 Å². The molecule has 2 heterocycles. The van der Waals surface area contributed by atoms with Crippen molar-refractivity contribution in [3.05, 3.63) is 51.9 Å². The molecule has 27 heavy (non-hydrogen) atoms. The van der Waals surface area contributed by atoms with Crippen molar-refractivity contribution in [1.29, 1.82) is 0 Å². The second-order valence-corrected chi connectivity index (χ2v) is 7.35. The minimum atomic E-state index is -0.119. The Kier molecular flexibility index (Phi) is 4.59. The third-order valence-electron chi connectivity index (χ3n) is 5.79. The third-order valence-corrected chi connectivity index (χ3v) is 5.79. The Hall–Kier alpha value is -2.83. The Morgan fingerprint density at radius 2 is 1.96 bits per heavy atom. The number of ether oxygens (including phenoxy) is 1. The summed E-state index contributed by atoms with van der Waals surface area (Å²) in [5, 5.41) is 0. The average molecular weight is 368 g/mol. The normalized spacial score (nSPS) is 17.7. The average Bonchev–Trinajstić information content (AvgIpc) is 3.01. The predicted octanol–water partition coefficient (Wildman–Crippen LogP) is 1.63. The van der Waals surface area contributed by atoms with E-state index in [9.17, 15) is 9.59 Å². The van der Waals surface area contributed by atoms with Crippen LogP contribution in [0.3, 0.4) is 0 Å². The molecule has 1 aromatic carbocycles. The van der Waals surface area contributed by atoms with Crippen LogP contribution in [-0.2, 0) is 16.6 Å². The lowest BCUT2D eigenvalue weighted by Gasteiger charge is -2.39. The van der Waals surface area contributed by atoms with E-state index in [4.69, 9.17) is 10.5 Å². The summed E-state index contributed by atoms with van der Waals surface area (Å²) in [6, 6.07) is 9.51. The molecule has 142 valence electrons. The van der Waals surface area contributed by atoms with Gasteiger partial charge in [-0.15, -0.1) is 0 Å². The quantitative estimate of drug-likeness (QED) is 0.854. The number of carbonyl (C=O) groups excluding carboxylic acids is 1. The molecule has 1 fully saturated rings. The molecule has 0 unspecified atom stereocenters. The van der Waals surface area contributed by atoms with Gasteiger partial charge in [0, 0.05) is 24.1 Å². The first-order valence-corrected chi connectivity index (χ1v) is 9.42. The molecular formula is C20H24N4O3. The number of hydrogen-bond acceptors (Lipinski definition) is 5. The second kappa shape index (κ2) is 7.06. The Bertz CT molecular complexity index is 886. The molecule has 0 saturated carbocycles. The summed E-state index contributed by atoms with van der Waals surface area (Å²) < 4.78 is 5.62. The number of benzene rings is 1. The van der Waals surface area contributed by atoms with Gasteiger partial charge in [0.25, 0.3) is 5.56 Å². The molecule has 1 amide bonds. The summed E-state index contributed by atoms with van der Waals surface area (Å²) in [7, 11) is 0. The van der Waals surface area contributed by atoms with Crippen LogP contribution >= 0.6 is 0 Å². The molecule has 1 aliphatic heterocycles. The van der Waals surface area contributed by atoms with Crippen molar-refractivity contribution in [2.45, 2.75) is 37.5 Å². The van der Waals surface area contributed by atoms with Crippen LogP contribution in [0.2, 0.25) is 0 Å². The van der Waals surface area contributed by atoms with E-state index < -0.39 is 0 Å². The largest absolute Gasteiger partial charge is 0.493 e. The number of aromatic amines is 1. The van der Waals surface area contributed by atoms with Gasteiger partial charge in [0.15, 0.2) is 0 Å². The zero-order valence-electron chi connectivity index (χ0n) is 15.2. The van der Waals surface area contributed by atoms with Gasteiger partial charge in [-0.25, -0.2) is 4.98 Å². The molecule has 0 bridgehead atoms. The maximum atomic E-state index is 12.5. The van der Waals surface area contributed by atoms with Crippen LogP contribution in [0, 0.1) is 0 Å². The molecule has 2 aromatic rings. The fourth-order valence-corrected chi connectivity index (χ4v) is 4.27. The number of amides is 1. The monoisotopic (exact) mass is 368 g/mol. The van der Waals surface area contributed by atoms with E-state index in [1.807, 2.05) is 35.2 Å². The van der Waals surface area contributed by atoms with Crippen molar-refractivity contribution >= 4 is 11.9 Å². The highest BCUT2D eigenvalue weighted by Gasteiger charge is 2.44. The number of rotatable bonds is 4. The summed E-state index contributed by atoms with van der Waals surface area (Å²) >= 11 is 0. The summed E-state index contributed by atoms with van der Waals surface area (Å²) in [4.78, 5) is 33.5. The van der Waals surface area contributed by atoms with Crippen LogP contribution in [0.1, 0.15) is 36.9 Å².